The van der Waals surface area contributed by atoms with E-state index in [1.165, 1.54) is 11.8 Å². The number of carbonyl (C=O) groups excluding carboxylic acids is 2. The van der Waals surface area contributed by atoms with Gasteiger partial charge in [-0.2, -0.15) is 0 Å². The molecule has 1 atom stereocenters. The van der Waals surface area contributed by atoms with Crippen molar-refractivity contribution in [3.05, 3.63) is 23.8 Å². The van der Waals surface area contributed by atoms with Gasteiger partial charge < -0.3 is 19.5 Å². The minimum absolute atomic E-state index is 0.108. The van der Waals surface area contributed by atoms with E-state index in [-0.39, 0.29) is 35.3 Å². The van der Waals surface area contributed by atoms with Crippen molar-refractivity contribution in [1.82, 2.24) is 5.32 Å². The molecule has 0 saturated heterocycles. The summed E-state index contributed by atoms with van der Waals surface area (Å²) in [7, 11) is 0. The molecule has 6 nitrogen and oxygen atoms in total. The molecule has 0 radical (unpaired) electrons. The first kappa shape index (κ1) is 19.4. The molecule has 138 valence electrons. The molecule has 7 heteroatoms. The third-order valence-electron chi connectivity index (χ3n) is 3.67. The second-order valence-corrected chi connectivity index (χ2v) is 6.98. The quantitative estimate of drug-likeness (QED) is 0.712. The van der Waals surface area contributed by atoms with Gasteiger partial charge in [-0.05, 0) is 30.5 Å². The van der Waals surface area contributed by atoms with Crippen LogP contribution in [0.1, 0.15) is 32.4 Å². The van der Waals surface area contributed by atoms with Crippen molar-refractivity contribution in [1.29, 1.82) is 0 Å². The molecule has 1 aliphatic rings. The Balaban J connectivity index is 1.94. The summed E-state index contributed by atoms with van der Waals surface area (Å²) in [4.78, 5) is 23.5. The molecule has 0 aromatic heterocycles. The maximum atomic E-state index is 12.2. The van der Waals surface area contributed by atoms with Crippen molar-refractivity contribution in [2.24, 2.45) is 5.92 Å². The molecule has 0 fully saturated rings. The topological polar surface area (TPSA) is 73.9 Å². The van der Waals surface area contributed by atoms with E-state index in [1.807, 2.05) is 32.0 Å². The van der Waals surface area contributed by atoms with Crippen molar-refractivity contribution in [3.8, 4) is 11.5 Å². The largest absolute Gasteiger partial charge is 0.486 e. The van der Waals surface area contributed by atoms with Crippen LogP contribution < -0.4 is 14.8 Å². The zero-order valence-electron chi connectivity index (χ0n) is 14.9. The van der Waals surface area contributed by atoms with Crippen molar-refractivity contribution < 1.29 is 23.8 Å². The highest BCUT2D eigenvalue weighted by molar-refractivity contribution is 8.00. The maximum absolute atomic E-state index is 12.2. The Kier molecular flexibility index (Phi) is 7.43. The van der Waals surface area contributed by atoms with Crippen LogP contribution in [0.25, 0.3) is 0 Å². The molecule has 1 N–H and O–H groups in total. The van der Waals surface area contributed by atoms with Gasteiger partial charge in [-0.3, -0.25) is 9.59 Å². The van der Waals surface area contributed by atoms with E-state index in [0.717, 1.165) is 11.3 Å². The lowest BCUT2D eigenvalue weighted by molar-refractivity contribution is -0.139. The van der Waals surface area contributed by atoms with Gasteiger partial charge in [0.15, 0.2) is 11.5 Å². The van der Waals surface area contributed by atoms with Gasteiger partial charge in [0.2, 0.25) is 5.91 Å². The summed E-state index contributed by atoms with van der Waals surface area (Å²) < 4.78 is 16.0. The summed E-state index contributed by atoms with van der Waals surface area (Å²) in [6.45, 7) is 7.29. The molecule has 0 spiro atoms. The molecule has 1 aliphatic heterocycles. The molecule has 1 aromatic rings. The molecule has 0 bridgehead atoms. The minimum atomic E-state index is -0.299. The Morgan fingerprint density at radius 1 is 1.20 bits per heavy atom. The average molecular weight is 367 g/mol. The fourth-order valence-corrected chi connectivity index (χ4v) is 3.15. The van der Waals surface area contributed by atoms with Crippen LogP contribution in [-0.2, 0) is 14.3 Å². The van der Waals surface area contributed by atoms with Crippen LogP contribution in [0.4, 0.5) is 0 Å². The molecule has 1 heterocycles. The second-order valence-electron chi connectivity index (χ2n) is 5.99. The Labute approximate surface area is 152 Å². The highest BCUT2D eigenvalue weighted by atomic mass is 32.2. The Bertz CT molecular complexity index is 605. The number of ether oxygens (including phenoxy) is 3. The second kappa shape index (κ2) is 9.56. The average Bonchev–Trinajstić information content (AvgIpc) is 2.59. The van der Waals surface area contributed by atoms with Crippen LogP contribution in [-0.4, -0.2) is 43.2 Å². The smallest absolute Gasteiger partial charge is 0.315 e. The van der Waals surface area contributed by atoms with Crippen molar-refractivity contribution in [3.63, 3.8) is 0 Å². The molecule has 0 saturated carbocycles. The number of fused-ring (bicyclic) bond motifs is 1. The van der Waals surface area contributed by atoms with E-state index in [4.69, 9.17) is 14.2 Å². The number of carbonyl (C=O) groups is 2. The van der Waals surface area contributed by atoms with E-state index >= 15 is 0 Å². The first-order valence-corrected chi connectivity index (χ1v) is 9.59. The third kappa shape index (κ3) is 5.85. The van der Waals surface area contributed by atoms with Gasteiger partial charge in [-0.25, -0.2) is 0 Å². The Hall–Kier alpha value is -1.89. The van der Waals surface area contributed by atoms with Crippen LogP contribution in [0.15, 0.2) is 18.2 Å². The predicted molar refractivity (Wildman–Crippen MR) is 97.1 cm³/mol. The lowest BCUT2D eigenvalue weighted by Crippen LogP contribution is -2.33. The van der Waals surface area contributed by atoms with Gasteiger partial charge in [-0.1, -0.05) is 19.9 Å². The normalized spacial score (nSPS) is 14.1. The predicted octanol–water partition coefficient (Wildman–Crippen LogP) is 2.57. The summed E-state index contributed by atoms with van der Waals surface area (Å²) >= 11 is 1.25. The number of thioether (sulfide) groups is 1. The van der Waals surface area contributed by atoms with Gasteiger partial charge in [0.05, 0.1) is 24.2 Å². The van der Waals surface area contributed by atoms with Crippen LogP contribution in [0.5, 0.6) is 11.5 Å². The first-order valence-electron chi connectivity index (χ1n) is 8.43. The molecule has 1 aromatic carbocycles. The zero-order valence-corrected chi connectivity index (χ0v) is 15.7. The standard InChI is InChI=1S/C18H25NO5S/c1-4-22-17(21)11-25-10-16(20)19-18(12(2)3)13-5-6-14-15(9-13)24-8-7-23-14/h5-6,9,12,18H,4,7-8,10-11H2,1-3H3,(H,19,20). The zero-order chi connectivity index (χ0) is 18.2. The van der Waals surface area contributed by atoms with E-state index in [9.17, 15) is 9.59 Å². The number of hydrogen-bond donors (Lipinski definition) is 1. The van der Waals surface area contributed by atoms with E-state index in [2.05, 4.69) is 5.32 Å². The Morgan fingerprint density at radius 3 is 2.60 bits per heavy atom. The van der Waals surface area contributed by atoms with Gasteiger partial charge in [-0.15, -0.1) is 11.8 Å². The number of hydrogen-bond acceptors (Lipinski definition) is 6. The van der Waals surface area contributed by atoms with E-state index in [0.29, 0.717) is 25.6 Å². The summed E-state index contributed by atoms with van der Waals surface area (Å²) in [5.41, 5.74) is 0.975. The van der Waals surface area contributed by atoms with Gasteiger partial charge in [0, 0.05) is 0 Å². The van der Waals surface area contributed by atoms with E-state index in [1.54, 1.807) is 6.92 Å². The van der Waals surface area contributed by atoms with Crippen LogP contribution in [0, 0.1) is 5.92 Å². The van der Waals surface area contributed by atoms with Crippen molar-refractivity contribution in [2.75, 3.05) is 31.3 Å². The number of nitrogens with one attached hydrogen (secondary N) is 1. The van der Waals surface area contributed by atoms with Crippen molar-refractivity contribution >= 4 is 23.6 Å². The summed E-state index contributed by atoms with van der Waals surface area (Å²) in [5.74, 6) is 1.63. The number of benzene rings is 1. The highest BCUT2D eigenvalue weighted by Gasteiger charge is 2.21. The Morgan fingerprint density at radius 2 is 1.92 bits per heavy atom. The van der Waals surface area contributed by atoms with Crippen LogP contribution >= 0.6 is 11.8 Å². The lowest BCUT2D eigenvalue weighted by atomic mass is 9.95. The molecule has 1 amide bonds. The van der Waals surface area contributed by atoms with E-state index < -0.39 is 0 Å². The minimum Gasteiger partial charge on any atom is -0.486 e. The number of esters is 1. The lowest BCUT2D eigenvalue weighted by Gasteiger charge is -2.25. The fraction of sp³-hybridized carbons (Fsp3) is 0.556. The van der Waals surface area contributed by atoms with Crippen LogP contribution in [0.3, 0.4) is 0 Å². The summed E-state index contributed by atoms with van der Waals surface area (Å²) in [6, 6.07) is 5.61. The molecular weight excluding hydrogens is 342 g/mol. The molecular formula is C18H25NO5S. The summed E-state index contributed by atoms with van der Waals surface area (Å²) in [5, 5.41) is 3.04. The highest BCUT2D eigenvalue weighted by Crippen LogP contribution is 2.34. The third-order valence-corrected chi connectivity index (χ3v) is 4.57. The number of rotatable bonds is 8. The van der Waals surface area contributed by atoms with Gasteiger partial charge >= 0.3 is 5.97 Å². The van der Waals surface area contributed by atoms with Gasteiger partial charge in [0.1, 0.15) is 13.2 Å². The van der Waals surface area contributed by atoms with Crippen molar-refractivity contribution in [2.45, 2.75) is 26.8 Å². The monoisotopic (exact) mass is 367 g/mol. The SMILES string of the molecule is CCOC(=O)CSCC(=O)NC(c1ccc2c(c1)OCCO2)C(C)C. The summed E-state index contributed by atoms with van der Waals surface area (Å²) in [6.07, 6.45) is 0. The van der Waals surface area contributed by atoms with Crippen LogP contribution in [0.2, 0.25) is 0 Å². The molecule has 0 aliphatic carbocycles. The molecule has 25 heavy (non-hydrogen) atoms. The maximum Gasteiger partial charge on any atom is 0.315 e. The molecule has 1 unspecified atom stereocenters. The molecule has 2 rings (SSSR count). The van der Waals surface area contributed by atoms with Gasteiger partial charge in [0.25, 0.3) is 0 Å². The number of amides is 1. The first-order chi connectivity index (χ1) is 12.0. The fourth-order valence-electron chi connectivity index (χ4n) is 2.53.